The molecule has 0 amide bonds. The van der Waals surface area contributed by atoms with E-state index in [1.807, 2.05) is 0 Å². The van der Waals surface area contributed by atoms with Crippen LogP contribution in [0.25, 0.3) is 49.7 Å². The van der Waals surface area contributed by atoms with Gasteiger partial charge >= 0.3 is 0 Å². The van der Waals surface area contributed by atoms with Gasteiger partial charge in [0.1, 0.15) is 0 Å². The summed E-state index contributed by atoms with van der Waals surface area (Å²) in [5.41, 5.74) is 18.7. The van der Waals surface area contributed by atoms with Crippen LogP contribution in [-0.2, 0) is 6.42 Å². The molecule has 1 atom stereocenters. The quantitative estimate of drug-likeness (QED) is 0.144. The van der Waals surface area contributed by atoms with E-state index in [4.69, 9.17) is 0 Å². The Morgan fingerprint density at radius 1 is 0.377 bits per heavy atom. The van der Waals surface area contributed by atoms with Crippen molar-refractivity contribution in [2.45, 2.75) is 18.9 Å². The number of rotatable bonds is 9. The zero-order chi connectivity index (χ0) is 40.5. The zero-order valence-electron chi connectivity index (χ0n) is 33.9. The van der Waals surface area contributed by atoms with Gasteiger partial charge in [-0.2, -0.15) is 0 Å². The predicted molar refractivity (Wildman–Crippen MR) is 258 cm³/mol. The van der Waals surface area contributed by atoms with Crippen LogP contribution in [0.2, 0.25) is 0 Å². The highest BCUT2D eigenvalue weighted by Gasteiger charge is 2.33. The van der Waals surface area contributed by atoms with Crippen LogP contribution >= 0.6 is 0 Å². The topological polar surface area (TPSA) is 6.48 Å². The Hall–Kier alpha value is -7.68. The molecule has 0 heterocycles. The van der Waals surface area contributed by atoms with Gasteiger partial charge in [0.2, 0.25) is 0 Å². The molecule has 2 aliphatic rings. The van der Waals surface area contributed by atoms with Crippen LogP contribution in [0.4, 0.5) is 28.4 Å². The third-order valence-electron chi connectivity index (χ3n) is 12.5. The van der Waals surface area contributed by atoms with Crippen LogP contribution in [0.15, 0.2) is 242 Å². The van der Waals surface area contributed by atoms with Gasteiger partial charge in [0.05, 0.1) is 6.04 Å². The molecule has 2 heteroatoms. The predicted octanol–water partition coefficient (Wildman–Crippen LogP) is 15.8. The Balaban J connectivity index is 0.897. The lowest BCUT2D eigenvalue weighted by Gasteiger charge is -2.37. The molecule has 0 saturated heterocycles. The van der Waals surface area contributed by atoms with E-state index in [0.29, 0.717) is 0 Å². The van der Waals surface area contributed by atoms with Gasteiger partial charge in [-0.15, -0.1) is 0 Å². The molecule has 0 bridgehead atoms. The van der Waals surface area contributed by atoms with Gasteiger partial charge in [-0.1, -0.05) is 182 Å². The first-order valence-corrected chi connectivity index (χ1v) is 21.3. The fourth-order valence-electron chi connectivity index (χ4n) is 9.46. The Morgan fingerprint density at radius 2 is 0.852 bits per heavy atom. The smallest absolute Gasteiger partial charge is 0.0598 e. The number of allylic oxidation sites excluding steroid dienone is 2. The van der Waals surface area contributed by atoms with E-state index >= 15 is 0 Å². The van der Waals surface area contributed by atoms with E-state index in [9.17, 15) is 0 Å². The van der Waals surface area contributed by atoms with Crippen molar-refractivity contribution in [3.63, 3.8) is 0 Å². The number of anilines is 5. The second kappa shape index (κ2) is 15.8. The molecule has 1 unspecified atom stereocenters. The third-order valence-corrected chi connectivity index (χ3v) is 12.5. The maximum atomic E-state index is 2.60. The van der Waals surface area contributed by atoms with Gasteiger partial charge in [-0.05, 0) is 128 Å². The first-order chi connectivity index (χ1) is 30.2. The van der Waals surface area contributed by atoms with E-state index in [2.05, 4.69) is 246 Å². The molecule has 0 radical (unpaired) electrons. The molecule has 11 rings (SSSR count). The number of hydrogen-bond donors (Lipinski definition) is 0. The summed E-state index contributed by atoms with van der Waals surface area (Å²) in [6, 6.07) is 81.8. The van der Waals surface area contributed by atoms with Gasteiger partial charge in [0.15, 0.2) is 0 Å². The van der Waals surface area contributed by atoms with Crippen molar-refractivity contribution in [3.8, 4) is 33.4 Å². The Labute approximate surface area is 358 Å². The molecule has 0 N–H and O–H groups in total. The number of para-hydroxylation sites is 1. The second-order valence-corrected chi connectivity index (χ2v) is 16.0. The van der Waals surface area contributed by atoms with Gasteiger partial charge < -0.3 is 9.80 Å². The van der Waals surface area contributed by atoms with Gasteiger partial charge in [-0.3, -0.25) is 0 Å². The highest BCUT2D eigenvalue weighted by molar-refractivity contribution is 5.97. The summed E-state index contributed by atoms with van der Waals surface area (Å²) in [5.74, 6) is 0. The van der Waals surface area contributed by atoms with Crippen molar-refractivity contribution in [3.05, 3.63) is 253 Å². The molecule has 2 nitrogen and oxygen atoms in total. The molecule has 9 aromatic carbocycles. The molecule has 0 aromatic heterocycles. The average Bonchev–Trinajstić information content (AvgIpc) is 3.73. The van der Waals surface area contributed by atoms with E-state index in [1.165, 1.54) is 77.8 Å². The number of fused-ring (bicyclic) bond motifs is 3. The maximum Gasteiger partial charge on any atom is 0.0598 e. The lowest BCUT2D eigenvalue weighted by Crippen LogP contribution is -2.34. The molecule has 0 spiro atoms. The highest BCUT2D eigenvalue weighted by atomic mass is 15.2. The van der Waals surface area contributed by atoms with E-state index in [1.54, 1.807) is 0 Å². The molecule has 61 heavy (non-hydrogen) atoms. The molecular weight excluding hydrogens is 737 g/mol. The van der Waals surface area contributed by atoms with Crippen LogP contribution in [0.1, 0.15) is 17.5 Å². The van der Waals surface area contributed by atoms with E-state index < -0.39 is 0 Å². The Morgan fingerprint density at radius 3 is 1.49 bits per heavy atom. The Kier molecular flexibility index (Phi) is 9.44. The van der Waals surface area contributed by atoms with Gasteiger partial charge in [0, 0.05) is 33.8 Å². The summed E-state index contributed by atoms with van der Waals surface area (Å²) in [5, 5.41) is 2.53. The minimum Gasteiger partial charge on any atom is -0.333 e. The van der Waals surface area contributed by atoms with Crippen molar-refractivity contribution in [2.75, 3.05) is 9.80 Å². The lowest BCUT2D eigenvalue weighted by atomic mass is 9.90. The van der Waals surface area contributed by atoms with E-state index in [0.717, 1.165) is 29.9 Å². The molecule has 9 aromatic rings. The normalized spacial score (nSPS) is 14.1. The second-order valence-electron chi connectivity index (χ2n) is 16.0. The van der Waals surface area contributed by atoms with Crippen molar-refractivity contribution in [2.24, 2.45) is 0 Å². The SMILES string of the molecule is C1=CC2=C(Cc3ccccc32)C(N(c2ccc(-c3ccc(N(c4ccccc4)c4ccc(-c5ccc(-c6ccccc6)cc5)cc4)cc3)cc2)c2cccc3ccccc23)C1. The van der Waals surface area contributed by atoms with Gasteiger partial charge in [0.25, 0.3) is 0 Å². The number of nitrogens with zero attached hydrogens (tertiary/aromatic N) is 2. The first-order valence-electron chi connectivity index (χ1n) is 21.3. The van der Waals surface area contributed by atoms with Crippen LogP contribution in [0, 0.1) is 0 Å². The van der Waals surface area contributed by atoms with Crippen molar-refractivity contribution < 1.29 is 0 Å². The van der Waals surface area contributed by atoms with Crippen LogP contribution in [0.3, 0.4) is 0 Å². The first kappa shape index (κ1) is 36.4. The molecule has 290 valence electrons. The molecule has 0 saturated carbocycles. The summed E-state index contributed by atoms with van der Waals surface area (Å²) < 4.78 is 0. The third kappa shape index (κ3) is 6.92. The van der Waals surface area contributed by atoms with Gasteiger partial charge in [-0.25, -0.2) is 0 Å². The molecular formula is C59H44N2. The van der Waals surface area contributed by atoms with Crippen molar-refractivity contribution >= 4 is 44.8 Å². The highest BCUT2D eigenvalue weighted by Crippen LogP contribution is 2.45. The number of hydrogen-bond acceptors (Lipinski definition) is 2. The van der Waals surface area contributed by atoms with Crippen molar-refractivity contribution in [1.29, 1.82) is 0 Å². The van der Waals surface area contributed by atoms with Crippen LogP contribution in [-0.4, -0.2) is 6.04 Å². The lowest BCUT2D eigenvalue weighted by molar-refractivity contribution is 0.733. The zero-order valence-corrected chi connectivity index (χ0v) is 33.9. The Bertz CT molecular complexity index is 3030. The van der Waals surface area contributed by atoms with Crippen LogP contribution in [0.5, 0.6) is 0 Å². The maximum absolute atomic E-state index is 2.60. The monoisotopic (exact) mass is 780 g/mol. The molecule has 0 fully saturated rings. The minimum absolute atomic E-state index is 0.210. The number of benzene rings is 9. The van der Waals surface area contributed by atoms with E-state index in [-0.39, 0.29) is 6.04 Å². The van der Waals surface area contributed by atoms with Crippen LogP contribution < -0.4 is 9.80 Å². The fraction of sp³-hybridized carbons (Fsp3) is 0.0508. The average molecular weight is 781 g/mol. The summed E-state index contributed by atoms with van der Waals surface area (Å²) in [6.07, 6.45) is 6.67. The minimum atomic E-state index is 0.210. The summed E-state index contributed by atoms with van der Waals surface area (Å²) in [7, 11) is 0. The van der Waals surface area contributed by atoms with Crippen molar-refractivity contribution in [1.82, 2.24) is 0 Å². The fourth-order valence-corrected chi connectivity index (χ4v) is 9.46. The standard InChI is InChI=1S/C59H44N2/c1-3-13-42(14-4-1)43-25-27-44(28-26-43)45-29-35-51(36-30-45)60(50-18-5-2-6-19-50)52-37-31-46(32-38-52)47-33-39-53(40-34-47)61(58-23-11-17-48-15-7-10-21-55(48)58)59-24-12-22-56-54-20-9-8-16-49(54)41-57(56)59/h1-23,25-40,59H,24,41H2. The summed E-state index contributed by atoms with van der Waals surface area (Å²) >= 11 is 0. The summed E-state index contributed by atoms with van der Waals surface area (Å²) in [6.45, 7) is 0. The largest absolute Gasteiger partial charge is 0.333 e. The molecule has 0 aliphatic heterocycles. The molecule has 2 aliphatic carbocycles. The summed E-state index contributed by atoms with van der Waals surface area (Å²) in [4.78, 5) is 4.93.